The molecule has 3 amide bonds. The number of ether oxygens (including phenoxy) is 1. The first-order chi connectivity index (χ1) is 17.6. The van der Waals surface area contributed by atoms with Crippen LogP contribution in [-0.2, 0) is 23.2 Å². The monoisotopic (exact) mass is 505 g/mol. The van der Waals surface area contributed by atoms with Gasteiger partial charge in [0, 0.05) is 49.5 Å². The van der Waals surface area contributed by atoms with Gasteiger partial charge >= 0.3 is 0 Å². The number of pyridine rings is 1. The van der Waals surface area contributed by atoms with E-state index in [1.54, 1.807) is 27.1 Å². The van der Waals surface area contributed by atoms with Crippen molar-refractivity contribution in [1.82, 2.24) is 25.0 Å². The molecule has 3 aromatic rings. The van der Waals surface area contributed by atoms with Gasteiger partial charge in [0.1, 0.15) is 23.7 Å². The second-order valence-electron chi connectivity index (χ2n) is 8.59. The number of anilines is 1. The van der Waals surface area contributed by atoms with Crippen molar-refractivity contribution in [3.8, 4) is 22.9 Å². The summed E-state index contributed by atoms with van der Waals surface area (Å²) in [5.74, 6) is -1.67. The topological polar surface area (TPSA) is 142 Å². The minimum atomic E-state index is -0.825. The smallest absolute Gasteiger partial charge is 0.254 e. The number of nitrogens with zero attached hydrogens (tertiary/aromatic N) is 5. The lowest BCUT2D eigenvalue weighted by molar-refractivity contribution is -0.122. The molecule has 190 valence electrons. The number of benzene rings is 1. The van der Waals surface area contributed by atoms with E-state index in [0.717, 1.165) is 0 Å². The lowest BCUT2D eigenvalue weighted by Crippen LogP contribution is -2.31. The number of hydrogen-bond acceptors (Lipinski definition) is 7. The van der Waals surface area contributed by atoms with Gasteiger partial charge in [0.25, 0.3) is 5.91 Å². The van der Waals surface area contributed by atoms with Crippen LogP contribution in [0.2, 0.25) is 0 Å². The van der Waals surface area contributed by atoms with Gasteiger partial charge in [-0.25, -0.2) is 9.37 Å². The van der Waals surface area contributed by atoms with Crippen molar-refractivity contribution in [2.45, 2.75) is 26.5 Å². The molecular formula is C25H24FN7O4. The summed E-state index contributed by atoms with van der Waals surface area (Å²) < 4.78 is 21.8. The molecule has 0 spiro atoms. The van der Waals surface area contributed by atoms with Gasteiger partial charge in [0.05, 0.1) is 18.8 Å². The van der Waals surface area contributed by atoms with E-state index in [9.17, 15) is 24.0 Å². The van der Waals surface area contributed by atoms with E-state index in [2.05, 4.69) is 26.8 Å². The first-order valence-electron chi connectivity index (χ1n) is 11.3. The highest BCUT2D eigenvalue weighted by Gasteiger charge is 2.27. The van der Waals surface area contributed by atoms with E-state index >= 15 is 0 Å². The fraction of sp³-hybridized carbons (Fsp3) is 0.280. The van der Waals surface area contributed by atoms with E-state index in [1.807, 2.05) is 0 Å². The maximum absolute atomic E-state index is 14.2. The molecular weight excluding hydrogens is 481 g/mol. The average Bonchev–Trinajstić information content (AvgIpc) is 3.17. The van der Waals surface area contributed by atoms with E-state index in [0.29, 0.717) is 22.4 Å². The summed E-state index contributed by atoms with van der Waals surface area (Å²) in [5, 5.41) is 19.2. The van der Waals surface area contributed by atoms with Crippen LogP contribution in [0.5, 0.6) is 5.75 Å². The van der Waals surface area contributed by atoms with Crippen LogP contribution in [0, 0.1) is 17.1 Å². The molecule has 2 aromatic heterocycles. The quantitative estimate of drug-likeness (QED) is 0.556. The van der Waals surface area contributed by atoms with E-state index in [4.69, 9.17) is 4.74 Å². The van der Waals surface area contributed by atoms with Crippen LogP contribution in [0.4, 0.5) is 10.2 Å². The second-order valence-corrected chi connectivity index (χ2v) is 8.59. The predicted molar refractivity (Wildman–Crippen MR) is 130 cm³/mol. The number of rotatable bonds is 3. The van der Waals surface area contributed by atoms with Crippen LogP contribution >= 0.6 is 0 Å². The Hall–Kier alpha value is -4.79. The molecule has 0 radical (unpaired) electrons. The summed E-state index contributed by atoms with van der Waals surface area (Å²) in [4.78, 5) is 42.7. The normalized spacial score (nSPS) is 14.8. The fourth-order valence-electron chi connectivity index (χ4n) is 4.09. The largest absolute Gasteiger partial charge is 0.482 e. The number of halogens is 1. The number of hydrogen-bond donors (Lipinski definition) is 2. The Labute approximate surface area is 211 Å². The third kappa shape index (κ3) is 5.11. The zero-order valence-electron chi connectivity index (χ0n) is 20.6. The fourth-order valence-corrected chi connectivity index (χ4v) is 4.09. The van der Waals surface area contributed by atoms with Crippen molar-refractivity contribution in [2.75, 3.05) is 18.9 Å². The predicted octanol–water partition coefficient (Wildman–Crippen LogP) is 2.29. The molecule has 1 aliphatic heterocycles. The third-order valence-electron chi connectivity index (χ3n) is 5.84. The van der Waals surface area contributed by atoms with Gasteiger partial charge in [-0.1, -0.05) is 0 Å². The Morgan fingerprint density at radius 3 is 2.76 bits per heavy atom. The molecule has 0 saturated carbocycles. The van der Waals surface area contributed by atoms with E-state index in [1.165, 1.54) is 40.9 Å². The molecule has 1 aliphatic rings. The number of fused-ring (bicyclic) bond motifs is 5. The minimum Gasteiger partial charge on any atom is -0.482 e. The Morgan fingerprint density at radius 1 is 1.30 bits per heavy atom. The molecule has 0 aliphatic carbocycles. The molecule has 2 bridgehead atoms. The number of aromatic nitrogens is 3. The molecule has 0 fully saturated rings. The zero-order chi connectivity index (χ0) is 26.9. The second kappa shape index (κ2) is 10.1. The van der Waals surface area contributed by atoms with Crippen LogP contribution in [-0.4, -0.2) is 51.0 Å². The van der Waals surface area contributed by atoms with Crippen LogP contribution in [0.1, 0.15) is 47.3 Å². The van der Waals surface area contributed by atoms with Crippen LogP contribution in [0.15, 0.2) is 30.5 Å². The van der Waals surface area contributed by atoms with E-state index in [-0.39, 0.29) is 47.7 Å². The Balaban J connectivity index is 1.89. The van der Waals surface area contributed by atoms with Gasteiger partial charge < -0.3 is 20.3 Å². The maximum atomic E-state index is 14.2. The maximum Gasteiger partial charge on any atom is 0.254 e. The molecule has 12 heteroatoms. The zero-order valence-corrected chi connectivity index (χ0v) is 20.6. The Bertz CT molecular complexity index is 1460. The van der Waals surface area contributed by atoms with Crippen molar-refractivity contribution in [3.63, 3.8) is 0 Å². The van der Waals surface area contributed by atoms with Crippen molar-refractivity contribution < 1.29 is 23.5 Å². The summed E-state index contributed by atoms with van der Waals surface area (Å²) in [5.41, 5.74) is 2.17. The lowest BCUT2D eigenvalue weighted by Gasteiger charge is -2.24. The summed E-state index contributed by atoms with van der Waals surface area (Å²) >= 11 is 0. The van der Waals surface area contributed by atoms with Crippen LogP contribution < -0.4 is 15.4 Å². The van der Waals surface area contributed by atoms with Crippen LogP contribution in [0.25, 0.3) is 11.1 Å². The highest BCUT2D eigenvalue weighted by atomic mass is 19.1. The summed E-state index contributed by atoms with van der Waals surface area (Å²) in [6.45, 7) is 2.71. The Morgan fingerprint density at radius 2 is 2.05 bits per heavy atom. The summed E-state index contributed by atoms with van der Waals surface area (Å²) in [6, 6.07) is 7.54. The SMILES string of the molecule is CC(=O)NCC(=O)Nc1ncc2cc1O[C@H](C)c1cc(F)ccc1C(=O)N(C)Cc1nn(C)c(C#N)c1-2. The number of nitriles is 1. The number of aryl methyl sites for hydroxylation is 1. The molecule has 0 unspecified atom stereocenters. The van der Waals surface area contributed by atoms with Gasteiger partial charge in [0.15, 0.2) is 11.6 Å². The van der Waals surface area contributed by atoms with Gasteiger partial charge in [-0.05, 0) is 31.2 Å². The van der Waals surface area contributed by atoms with Crippen LogP contribution in [0.3, 0.4) is 0 Å². The molecule has 0 saturated heterocycles. The van der Waals surface area contributed by atoms with Gasteiger partial charge in [-0.2, -0.15) is 10.4 Å². The standard InChI is InChI=1S/C25H24FN7O4/c1-13-18-8-16(26)5-6-17(18)25(36)32(3)12-19-23(20(9-27)33(4)31-19)15-7-21(37-13)24(29-10-15)30-22(35)11-28-14(2)34/h5-8,10,13H,11-12H2,1-4H3,(H,28,34)(H,29,30,35)/t13-/m1/s1. The number of carbonyl (C=O) groups is 3. The minimum absolute atomic E-state index is 0.0494. The molecule has 37 heavy (non-hydrogen) atoms. The van der Waals surface area contributed by atoms with Gasteiger partial charge in [0.2, 0.25) is 11.8 Å². The highest BCUT2D eigenvalue weighted by molar-refractivity contribution is 5.96. The Kier molecular flexibility index (Phi) is 6.88. The third-order valence-corrected chi connectivity index (χ3v) is 5.84. The molecule has 1 atom stereocenters. The first kappa shape index (κ1) is 25.3. The lowest BCUT2D eigenvalue weighted by atomic mass is 10.00. The van der Waals surface area contributed by atoms with Crippen molar-refractivity contribution in [1.29, 1.82) is 5.26 Å². The molecule has 2 N–H and O–H groups in total. The van der Waals surface area contributed by atoms with Gasteiger partial charge in [-0.15, -0.1) is 0 Å². The van der Waals surface area contributed by atoms with E-state index < -0.39 is 17.8 Å². The first-order valence-corrected chi connectivity index (χ1v) is 11.3. The highest BCUT2D eigenvalue weighted by Crippen LogP contribution is 2.36. The molecule has 11 nitrogen and oxygen atoms in total. The van der Waals surface area contributed by atoms with Gasteiger partial charge in [-0.3, -0.25) is 19.1 Å². The number of carbonyl (C=O) groups excluding carboxylic acids is 3. The molecule has 3 heterocycles. The number of nitrogens with one attached hydrogen (secondary N) is 2. The molecule has 4 rings (SSSR count). The van der Waals surface area contributed by atoms with Crippen molar-refractivity contribution in [2.24, 2.45) is 7.05 Å². The van der Waals surface area contributed by atoms with Crippen molar-refractivity contribution in [3.05, 3.63) is 58.8 Å². The average molecular weight is 506 g/mol. The number of amides is 3. The summed E-state index contributed by atoms with van der Waals surface area (Å²) in [7, 11) is 3.21. The molecule has 1 aromatic carbocycles. The summed E-state index contributed by atoms with van der Waals surface area (Å²) in [6.07, 6.45) is 0.628. The van der Waals surface area contributed by atoms with Crippen molar-refractivity contribution >= 4 is 23.5 Å².